The lowest BCUT2D eigenvalue weighted by molar-refractivity contribution is -0.137. The number of alkyl halides is 4. The first-order valence-electron chi connectivity index (χ1n) is 7.38. The number of hydrogen-bond donors (Lipinski definition) is 1. The van der Waals surface area contributed by atoms with E-state index in [1.165, 1.54) is 12.1 Å². The van der Waals surface area contributed by atoms with E-state index in [0.717, 1.165) is 30.5 Å². The number of nitrogens with zero attached hydrogens (tertiary/aromatic N) is 3. The lowest BCUT2D eigenvalue weighted by atomic mass is 10.1. The maximum absolute atomic E-state index is 13.8. The molecule has 1 N–H and O–H groups in total. The molecule has 1 aliphatic carbocycles. The molecule has 1 atom stereocenters. The van der Waals surface area contributed by atoms with Crippen LogP contribution >= 0.6 is 0 Å². The third-order valence-corrected chi connectivity index (χ3v) is 3.57. The zero-order valence-electron chi connectivity index (χ0n) is 13.0. The van der Waals surface area contributed by atoms with Crippen molar-refractivity contribution < 1.29 is 26.7 Å². The van der Waals surface area contributed by atoms with E-state index >= 15 is 0 Å². The number of benzene rings is 1. The average Bonchev–Trinajstić information content (AvgIpc) is 3.02. The van der Waals surface area contributed by atoms with Crippen molar-refractivity contribution in [2.75, 3.05) is 5.32 Å². The molecule has 0 bridgehead atoms. The van der Waals surface area contributed by atoms with Crippen LogP contribution < -0.4 is 5.32 Å². The van der Waals surface area contributed by atoms with Gasteiger partial charge in [0.15, 0.2) is 12.0 Å². The van der Waals surface area contributed by atoms with Crippen molar-refractivity contribution in [3.8, 4) is 0 Å². The van der Waals surface area contributed by atoms with Gasteiger partial charge in [0.1, 0.15) is 11.5 Å². The lowest BCUT2D eigenvalue weighted by Crippen LogP contribution is -2.19. The maximum Gasteiger partial charge on any atom is 0.417 e. The molecule has 1 unspecified atom stereocenters. The normalized spacial score (nSPS) is 17.5. The van der Waals surface area contributed by atoms with Crippen LogP contribution in [0.4, 0.5) is 27.8 Å². The quantitative estimate of drug-likeness (QED) is 0.832. The standard InChI is InChI=1S/C16H11F5N4O/c17-11-6-3-7-12(18)14(11)25-22-8-13(24-25)23-15(26)9-4-1-2-5-10(9)16(19,20)21/h1-6,8,12H,7H2,(H,23,24,26). The van der Waals surface area contributed by atoms with E-state index in [-0.39, 0.29) is 12.2 Å². The molecular weight excluding hydrogens is 359 g/mol. The maximum atomic E-state index is 13.8. The number of aromatic nitrogens is 3. The summed E-state index contributed by atoms with van der Waals surface area (Å²) in [5.41, 5.74) is -2.16. The van der Waals surface area contributed by atoms with Crippen molar-refractivity contribution in [1.82, 2.24) is 15.0 Å². The fraction of sp³-hybridized carbons (Fsp3) is 0.188. The van der Waals surface area contributed by atoms with Gasteiger partial charge in [0.05, 0.1) is 17.3 Å². The fourth-order valence-corrected chi connectivity index (χ4v) is 2.41. The minimum absolute atomic E-state index is 0.0645. The summed E-state index contributed by atoms with van der Waals surface area (Å²) in [6.45, 7) is 0. The molecule has 26 heavy (non-hydrogen) atoms. The number of amides is 1. The zero-order valence-corrected chi connectivity index (χ0v) is 13.0. The van der Waals surface area contributed by atoms with Crippen LogP contribution in [0.1, 0.15) is 22.3 Å². The van der Waals surface area contributed by atoms with E-state index in [0.29, 0.717) is 4.80 Å². The number of nitrogens with one attached hydrogen (secondary N) is 1. The van der Waals surface area contributed by atoms with Gasteiger partial charge in [0, 0.05) is 6.42 Å². The molecule has 1 aliphatic rings. The highest BCUT2D eigenvalue weighted by atomic mass is 19.4. The first-order chi connectivity index (χ1) is 12.3. The van der Waals surface area contributed by atoms with Crippen molar-refractivity contribution in [2.45, 2.75) is 18.8 Å². The monoisotopic (exact) mass is 370 g/mol. The molecule has 0 aliphatic heterocycles. The van der Waals surface area contributed by atoms with Gasteiger partial charge < -0.3 is 5.32 Å². The van der Waals surface area contributed by atoms with Crippen LogP contribution in [-0.2, 0) is 6.18 Å². The Bertz CT molecular complexity index is 900. The second kappa shape index (κ2) is 6.70. The molecule has 1 heterocycles. The van der Waals surface area contributed by atoms with Crippen LogP contribution in [0.3, 0.4) is 0 Å². The Labute approximate surface area is 143 Å². The van der Waals surface area contributed by atoms with Gasteiger partial charge in [-0.15, -0.1) is 9.90 Å². The summed E-state index contributed by atoms with van der Waals surface area (Å²) in [5.74, 6) is -2.19. The summed E-state index contributed by atoms with van der Waals surface area (Å²) in [5, 5.41) is 9.51. The van der Waals surface area contributed by atoms with E-state index in [2.05, 4.69) is 15.5 Å². The molecule has 136 valence electrons. The number of carbonyl (C=O) groups is 1. The Morgan fingerprint density at radius 2 is 2.00 bits per heavy atom. The van der Waals surface area contributed by atoms with Crippen molar-refractivity contribution in [3.63, 3.8) is 0 Å². The molecule has 10 heteroatoms. The molecule has 0 saturated heterocycles. The minimum Gasteiger partial charge on any atom is -0.304 e. The number of anilines is 1. The van der Waals surface area contributed by atoms with E-state index < -0.39 is 40.9 Å². The Kier molecular flexibility index (Phi) is 4.58. The van der Waals surface area contributed by atoms with Crippen molar-refractivity contribution in [1.29, 1.82) is 0 Å². The third-order valence-electron chi connectivity index (χ3n) is 3.57. The predicted octanol–water partition coefficient (Wildman–Crippen LogP) is 3.99. The molecule has 0 saturated carbocycles. The fourth-order valence-electron chi connectivity index (χ4n) is 2.41. The smallest absolute Gasteiger partial charge is 0.304 e. The molecule has 1 aromatic carbocycles. The van der Waals surface area contributed by atoms with Crippen LogP contribution in [-0.4, -0.2) is 27.1 Å². The second-order valence-corrected chi connectivity index (χ2v) is 5.36. The van der Waals surface area contributed by atoms with Gasteiger partial charge in [0.2, 0.25) is 0 Å². The minimum atomic E-state index is -4.71. The largest absolute Gasteiger partial charge is 0.417 e. The van der Waals surface area contributed by atoms with E-state index in [1.54, 1.807) is 0 Å². The van der Waals surface area contributed by atoms with Gasteiger partial charge in [-0.2, -0.15) is 18.3 Å². The van der Waals surface area contributed by atoms with Crippen LogP contribution in [0, 0.1) is 0 Å². The number of halogens is 5. The summed E-state index contributed by atoms with van der Waals surface area (Å²) in [6, 6.07) is 4.22. The zero-order chi connectivity index (χ0) is 18.9. The van der Waals surface area contributed by atoms with Gasteiger partial charge in [-0.25, -0.2) is 8.78 Å². The number of carbonyl (C=O) groups excluding carboxylic acids is 1. The number of rotatable bonds is 3. The van der Waals surface area contributed by atoms with Crippen LogP contribution in [0.15, 0.2) is 48.4 Å². The molecule has 5 nitrogen and oxygen atoms in total. The van der Waals surface area contributed by atoms with Gasteiger partial charge in [0.25, 0.3) is 5.91 Å². The number of allylic oxidation sites excluding steroid dienone is 4. The van der Waals surface area contributed by atoms with Crippen molar-refractivity contribution in [3.05, 3.63) is 59.6 Å². The molecule has 3 rings (SSSR count). The van der Waals surface area contributed by atoms with Crippen molar-refractivity contribution in [2.24, 2.45) is 0 Å². The highest BCUT2D eigenvalue weighted by Crippen LogP contribution is 2.32. The molecule has 1 amide bonds. The Balaban J connectivity index is 1.85. The molecule has 1 aromatic heterocycles. The molecule has 0 spiro atoms. The van der Waals surface area contributed by atoms with Crippen LogP contribution in [0.25, 0.3) is 5.70 Å². The summed E-state index contributed by atoms with van der Waals surface area (Å²) in [7, 11) is 0. The Hall–Kier alpha value is -3.04. The van der Waals surface area contributed by atoms with E-state index in [9.17, 15) is 26.7 Å². The second-order valence-electron chi connectivity index (χ2n) is 5.36. The summed E-state index contributed by atoms with van der Waals surface area (Å²) in [6.07, 6.45) is -3.10. The summed E-state index contributed by atoms with van der Waals surface area (Å²) >= 11 is 0. The highest BCUT2D eigenvalue weighted by molar-refractivity contribution is 6.04. The third kappa shape index (κ3) is 3.48. The van der Waals surface area contributed by atoms with E-state index in [1.807, 2.05) is 0 Å². The SMILES string of the molecule is O=C(Nc1cnn(C2=C(F)C=CCC2F)n1)c1ccccc1C(F)(F)F. The first kappa shape index (κ1) is 17.8. The average molecular weight is 370 g/mol. The summed E-state index contributed by atoms with van der Waals surface area (Å²) < 4.78 is 66.5. The summed E-state index contributed by atoms with van der Waals surface area (Å²) in [4.78, 5) is 12.8. The topological polar surface area (TPSA) is 59.8 Å². The van der Waals surface area contributed by atoms with Gasteiger partial charge >= 0.3 is 6.18 Å². The molecule has 0 radical (unpaired) electrons. The van der Waals surface area contributed by atoms with E-state index in [4.69, 9.17) is 0 Å². The first-order valence-corrected chi connectivity index (χ1v) is 7.38. The van der Waals surface area contributed by atoms with Gasteiger partial charge in [-0.3, -0.25) is 4.79 Å². The molecule has 2 aromatic rings. The van der Waals surface area contributed by atoms with Gasteiger partial charge in [-0.1, -0.05) is 18.2 Å². The van der Waals surface area contributed by atoms with Crippen molar-refractivity contribution >= 4 is 17.4 Å². The van der Waals surface area contributed by atoms with Crippen LogP contribution in [0.2, 0.25) is 0 Å². The highest BCUT2D eigenvalue weighted by Gasteiger charge is 2.35. The molecule has 0 fully saturated rings. The Morgan fingerprint density at radius 1 is 1.27 bits per heavy atom. The molecular formula is C16H11F5N4O. The predicted molar refractivity (Wildman–Crippen MR) is 82.4 cm³/mol. The van der Waals surface area contributed by atoms with Gasteiger partial charge in [-0.05, 0) is 18.2 Å². The number of hydrogen-bond acceptors (Lipinski definition) is 3. The lowest BCUT2D eigenvalue weighted by Gasteiger charge is -2.14. The van der Waals surface area contributed by atoms with Crippen LogP contribution in [0.5, 0.6) is 0 Å². The Morgan fingerprint density at radius 3 is 2.69 bits per heavy atom.